The summed E-state index contributed by atoms with van der Waals surface area (Å²) >= 11 is 0. The number of carbonyl (C=O) groups excluding carboxylic acids is 1. The van der Waals surface area contributed by atoms with Gasteiger partial charge in [0, 0.05) is 19.1 Å². The average molecular weight is 185 g/mol. The lowest BCUT2D eigenvalue weighted by Crippen LogP contribution is -2.48. The molecule has 1 heterocycles. The summed E-state index contributed by atoms with van der Waals surface area (Å²) in [5.41, 5.74) is 5.53. The number of carbonyl (C=O) groups is 1. The Morgan fingerprint density at radius 1 is 1.54 bits per heavy atom. The largest absolute Gasteiger partial charge is 0.341 e. The van der Waals surface area contributed by atoms with E-state index < -0.39 is 0 Å². The summed E-state index contributed by atoms with van der Waals surface area (Å²) in [7, 11) is 1.97. The van der Waals surface area contributed by atoms with Crippen molar-refractivity contribution in [2.45, 2.75) is 31.8 Å². The summed E-state index contributed by atoms with van der Waals surface area (Å²) in [5, 5.41) is 3.22. The van der Waals surface area contributed by atoms with Gasteiger partial charge in [0.25, 0.3) is 0 Å². The van der Waals surface area contributed by atoms with Crippen molar-refractivity contribution < 1.29 is 4.79 Å². The zero-order valence-electron chi connectivity index (χ0n) is 8.42. The van der Waals surface area contributed by atoms with Crippen LogP contribution in [0.3, 0.4) is 0 Å². The molecule has 1 aliphatic heterocycles. The van der Waals surface area contributed by atoms with Gasteiger partial charge in [-0.2, -0.15) is 0 Å². The summed E-state index contributed by atoms with van der Waals surface area (Å²) in [6, 6.07) is 0.211. The maximum Gasteiger partial charge on any atom is 0.239 e. The standard InChI is InChI=1S/C9H19N3O/c1-7(10)9(13)12-5-3-8(11-2)4-6-12/h7-8,11H,3-6,10H2,1-2H3/t7-/m1/s1. The minimum absolute atomic E-state index is 0.0783. The Kier molecular flexibility index (Phi) is 3.69. The summed E-state index contributed by atoms with van der Waals surface area (Å²) in [6.45, 7) is 3.42. The number of piperidine rings is 1. The smallest absolute Gasteiger partial charge is 0.239 e. The second-order valence-corrected chi connectivity index (χ2v) is 3.68. The number of rotatable bonds is 2. The number of likely N-dealkylation sites (tertiary alicyclic amines) is 1. The van der Waals surface area contributed by atoms with Gasteiger partial charge in [-0.1, -0.05) is 0 Å². The molecular formula is C9H19N3O. The van der Waals surface area contributed by atoms with Crippen LogP contribution in [-0.2, 0) is 4.79 Å². The van der Waals surface area contributed by atoms with E-state index in [1.54, 1.807) is 6.92 Å². The van der Waals surface area contributed by atoms with E-state index in [0.717, 1.165) is 25.9 Å². The lowest BCUT2D eigenvalue weighted by Gasteiger charge is -2.32. The van der Waals surface area contributed by atoms with Crippen LogP contribution < -0.4 is 11.1 Å². The molecular weight excluding hydrogens is 166 g/mol. The first-order valence-corrected chi connectivity index (χ1v) is 4.86. The van der Waals surface area contributed by atoms with Crippen molar-refractivity contribution in [1.82, 2.24) is 10.2 Å². The molecule has 1 saturated heterocycles. The van der Waals surface area contributed by atoms with Gasteiger partial charge in [0.1, 0.15) is 0 Å². The molecule has 0 unspecified atom stereocenters. The van der Waals surface area contributed by atoms with Crippen molar-refractivity contribution in [3.63, 3.8) is 0 Å². The fourth-order valence-corrected chi connectivity index (χ4v) is 1.68. The molecule has 0 bridgehead atoms. The lowest BCUT2D eigenvalue weighted by molar-refractivity contribution is -0.133. The van der Waals surface area contributed by atoms with E-state index in [0.29, 0.717) is 6.04 Å². The first-order chi connectivity index (χ1) is 6.15. The Morgan fingerprint density at radius 2 is 2.08 bits per heavy atom. The van der Waals surface area contributed by atoms with Crippen molar-refractivity contribution in [1.29, 1.82) is 0 Å². The fraction of sp³-hybridized carbons (Fsp3) is 0.889. The van der Waals surface area contributed by atoms with Gasteiger partial charge < -0.3 is 16.0 Å². The van der Waals surface area contributed by atoms with E-state index in [-0.39, 0.29) is 11.9 Å². The third-order valence-electron chi connectivity index (χ3n) is 2.60. The molecule has 76 valence electrons. The van der Waals surface area contributed by atoms with E-state index in [2.05, 4.69) is 5.32 Å². The third-order valence-corrected chi connectivity index (χ3v) is 2.60. The van der Waals surface area contributed by atoms with Gasteiger partial charge in [0.2, 0.25) is 5.91 Å². The summed E-state index contributed by atoms with van der Waals surface area (Å²) in [5.74, 6) is 0.0783. The summed E-state index contributed by atoms with van der Waals surface area (Å²) < 4.78 is 0. The maximum atomic E-state index is 11.5. The number of nitrogens with zero attached hydrogens (tertiary/aromatic N) is 1. The van der Waals surface area contributed by atoms with Crippen molar-refractivity contribution >= 4 is 5.91 Å². The molecule has 0 saturated carbocycles. The number of amides is 1. The van der Waals surface area contributed by atoms with Crippen molar-refractivity contribution in [2.75, 3.05) is 20.1 Å². The molecule has 1 atom stereocenters. The Hall–Kier alpha value is -0.610. The lowest BCUT2D eigenvalue weighted by atomic mass is 10.0. The van der Waals surface area contributed by atoms with Gasteiger partial charge in [-0.05, 0) is 26.8 Å². The van der Waals surface area contributed by atoms with Gasteiger partial charge in [0.05, 0.1) is 6.04 Å². The Labute approximate surface area is 79.5 Å². The zero-order valence-corrected chi connectivity index (χ0v) is 8.42. The first-order valence-electron chi connectivity index (χ1n) is 4.86. The van der Waals surface area contributed by atoms with E-state index in [1.807, 2.05) is 11.9 Å². The quantitative estimate of drug-likeness (QED) is 0.612. The zero-order chi connectivity index (χ0) is 9.84. The van der Waals surface area contributed by atoms with Crippen LogP contribution in [0.4, 0.5) is 0 Å². The molecule has 0 aliphatic carbocycles. The van der Waals surface area contributed by atoms with Crippen LogP contribution in [0.15, 0.2) is 0 Å². The second-order valence-electron chi connectivity index (χ2n) is 3.68. The van der Waals surface area contributed by atoms with E-state index >= 15 is 0 Å². The van der Waals surface area contributed by atoms with Crippen LogP contribution >= 0.6 is 0 Å². The van der Waals surface area contributed by atoms with Crippen LogP contribution in [0, 0.1) is 0 Å². The molecule has 4 heteroatoms. The van der Waals surface area contributed by atoms with E-state index in [9.17, 15) is 4.79 Å². The number of hydrogen-bond acceptors (Lipinski definition) is 3. The number of nitrogens with one attached hydrogen (secondary N) is 1. The van der Waals surface area contributed by atoms with Crippen molar-refractivity contribution in [3.8, 4) is 0 Å². The van der Waals surface area contributed by atoms with Gasteiger partial charge in [-0.15, -0.1) is 0 Å². The Bertz CT molecular complexity index is 174. The fourth-order valence-electron chi connectivity index (χ4n) is 1.68. The Morgan fingerprint density at radius 3 is 2.46 bits per heavy atom. The average Bonchev–Trinajstić information content (AvgIpc) is 2.17. The molecule has 0 aromatic heterocycles. The topological polar surface area (TPSA) is 58.4 Å². The van der Waals surface area contributed by atoms with Crippen molar-refractivity contribution in [3.05, 3.63) is 0 Å². The van der Waals surface area contributed by atoms with Crippen LogP contribution in [0.25, 0.3) is 0 Å². The van der Waals surface area contributed by atoms with Crippen molar-refractivity contribution in [2.24, 2.45) is 5.73 Å². The molecule has 1 aliphatic rings. The minimum Gasteiger partial charge on any atom is -0.341 e. The first kappa shape index (κ1) is 10.5. The molecule has 13 heavy (non-hydrogen) atoms. The second kappa shape index (κ2) is 4.58. The van der Waals surface area contributed by atoms with Crippen LogP contribution in [0.1, 0.15) is 19.8 Å². The number of nitrogens with two attached hydrogens (primary N) is 1. The van der Waals surface area contributed by atoms with Gasteiger partial charge >= 0.3 is 0 Å². The molecule has 1 amide bonds. The predicted molar refractivity (Wildman–Crippen MR) is 52.3 cm³/mol. The monoisotopic (exact) mass is 185 g/mol. The van der Waals surface area contributed by atoms with Gasteiger partial charge in [-0.25, -0.2) is 0 Å². The highest BCUT2D eigenvalue weighted by Crippen LogP contribution is 2.10. The van der Waals surface area contributed by atoms with Gasteiger partial charge in [-0.3, -0.25) is 4.79 Å². The SMILES string of the molecule is CNC1CCN(C(=O)[C@@H](C)N)CC1. The number of hydrogen-bond donors (Lipinski definition) is 2. The third kappa shape index (κ3) is 2.67. The minimum atomic E-state index is -0.355. The van der Waals surface area contributed by atoms with E-state index in [4.69, 9.17) is 5.73 Å². The molecule has 1 rings (SSSR count). The highest BCUT2D eigenvalue weighted by atomic mass is 16.2. The molecule has 0 aromatic rings. The maximum absolute atomic E-state index is 11.5. The predicted octanol–water partition coefficient (Wildman–Crippen LogP) is -0.456. The van der Waals surface area contributed by atoms with Crippen LogP contribution in [-0.4, -0.2) is 43.0 Å². The molecule has 0 aromatic carbocycles. The van der Waals surface area contributed by atoms with E-state index in [1.165, 1.54) is 0 Å². The molecule has 3 N–H and O–H groups in total. The van der Waals surface area contributed by atoms with Crippen LogP contribution in [0.2, 0.25) is 0 Å². The highest BCUT2D eigenvalue weighted by Gasteiger charge is 2.23. The summed E-state index contributed by atoms with van der Waals surface area (Å²) in [6.07, 6.45) is 2.07. The van der Waals surface area contributed by atoms with Crippen LogP contribution in [0.5, 0.6) is 0 Å². The summed E-state index contributed by atoms with van der Waals surface area (Å²) in [4.78, 5) is 13.3. The molecule has 4 nitrogen and oxygen atoms in total. The molecule has 0 radical (unpaired) electrons. The Balaban J connectivity index is 2.36. The normalized spacial score (nSPS) is 21.6. The highest BCUT2D eigenvalue weighted by molar-refractivity contribution is 5.81. The molecule has 0 spiro atoms. The molecule has 1 fully saturated rings. The van der Waals surface area contributed by atoms with Gasteiger partial charge in [0.15, 0.2) is 0 Å².